The number of ether oxygens (including phenoxy) is 1. The van der Waals surface area contributed by atoms with Gasteiger partial charge in [0.25, 0.3) is 5.95 Å². The van der Waals surface area contributed by atoms with Gasteiger partial charge in [-0.25, -0.2) is 9.36 Å². The number of nitrogen functional groups attached to an aromatic ring is 1. The van der Waals surface area contributed by atoms with Crippen molar-refractivity contribution in [2.75, 3.05) is 18.1 Å². The maximum absolute atomic E-state index is 12.9. The number of nitrogens with two attached hydrogens (primary N) is 1. The second-order valence-corrected chi connectivity index (χ2v) is 9.05. The van der Waals surface area contributed by atoms with Gasteiger partial charge in [0.2, 0.25) is 11.1 Å². The summed E-state index contributed by atoms with van der Waals surface area (Å²) in [5, 5.41) is 13.1. The van der Waals surface area contributed by atoms with Crippen molar-refractivity contribution < 1.29 is 9.53 Å². The van der Waals surface area contributed by atoms with Crippen LogP contribution in [0.2, 0.25) is 0 Å². The van der Waals surface area contributed by atoms with E-state index in [0.717, 1.165) is 28.3 Å². The van der Waals surface area contributed by atoms with Crippen LogP contribution < -0.4 is 10.6 Å². The number of carbonyl (C=O) groups is 1. The largest absolute Gasteiger partial charge is 0.489 e. The Hall–Kier alpha value is -3.79. The smallest absolute Gasteiger partial charge is 0.271 e. The van der Waals surface area contributed by atoms with Crippen LogP contribution in [0.4, 0.5) is 0 Å². The molecule has 0 atom stereocenters. The lowest BCUT2D eigenvalue weighted by molar-refractivity contribution is -0.128. The Morgan fingerprint density at radius 1 is 1.06 bits per heavy atom. The lowest BCUT2D eigenvalue weighted by Crippen LogP contribution is -2.32. The van der Waals surface area contributed by atoms with Crippen molar-refractivity contribution in [1.82, 2.24) is 29.6 Å². The molecule has 0 radical (unpaired) electrons. The molecule has 0 aliphatic carbocycles. The molecule has 0 saturated heterocycles. The molecule has 2 heterocycles. The number of aryl methyl sites for hydroxylation is 2. The van der Waals surface area contributed by atoms with Crippen LogP contribution in [0.5, 0.6) is 5.75 Å². The first-order valence-corrected chi connectivity index (χ1v) is 12.3. The van der Waals surface area contributed by atoms with Gasteiger partial charge in [-0.05, 0) is 50.1 Å². The summed E-state index contributed by atoms with van der Waals surface area (Å²) in [5.74, 6) is 7.59. The first kappa shape index (κ1) is 24.3. The summed E-state index contributed by atoms with van der Waals surface area (Å²) in [6, 6.07) is 19.8. The molecule has 9 nitrogen and oxygen atoms in total. The lowest BCUT2D eigenvalue weighted by atomic mass is 10.2. The summed E-state index contributed by atoms with van der Waals surface area (Å²) >= 11 is 1.26. The molecule has 0 aliphatic heterocycles. The highest BCUT2D eigenvalue weighted by atomic mass is 32.2. The van der Waals surface area contributed by atoms with Crippen molar-refractivity contribution in [2.45, 2.75) is 39.1 Å². The molecule has 0 bridgehead atoms. The van der Waals surface area contributed by atoms with Crippen molar-refractivity contribution in [3.63, 3.8) is 0 Å². The average molecular weight is 492 g/mol. The highest BCUT2D eigenvalue weighted by Gasteiger charge is 2.18. The SMILES string of the molecule is CCN(Cc1ccc(OCc2ccccc2)cc1)C(=O)CSc1nnc(-n2nc(C)cc2C)n1N. The van der Waals surface area contributed by atoms with Gasteiger partial charge in [-0.15, -0.1) is 10.2 Å². The molecule has 1 amide bonds. The maximum atomic E-state index is 12.9. The van der Waals surface area contributed by atoms with E-state index in [9.17, 15) is 4.79 Å². The minimum atomic E-state index is -0.00225. The van der Waals surface area contributed by atoms with Gasteiger partial charge in [0.15, 0.2) is 0 Å². The Kier molecular flexibility index (Phi) is 7.71. The molecule has 2 aromatic heterocycles. The molecule has 0 fully saturated rings. The molecular weight excluding hydrogens is 462 g/mol. The van der Waals surface area contributed by atoms with E-state index in [2.05, 4.69) is 15.3 Å². The van der Waals surface area contributed by atoms with E-state index < -0.39 is 0 Å². The molecule has 0 saturated carbocycles. The summed E-state index contributed by atoms with van der Waals surface area (Å²) in [5.41, 5.74) is 3.92. The quantitative estimate of drug-likeness (QED) is 0.267. The fourth-order valence-electron chi connectivity index (χ4n) is 3.59. The molecule has 0 spiro atoms. The van der Waals surface area contributed by atoms with Gasteiger partial charge < -0.3 is 15.5 Å². The number of rotatable bonds is 10. The summed E-state index contributed by atoms with van der Waals surface area (Å²) in [6.07, 6.45) is 0. The van der Waals surface area contributed by atoms with Crippen molar-refractivity contribution in [3.8, 4) is 11.7 Å². The zero-order valence-corrected chi connectivity index (χ0v) is 20.9. The third-order valence-electron chi connectivity index (χ3n) is 5.45. The standard InChI is InChI=1S/C25H29N7O2S/c1-4-30(15-20-10-12-22(13-11-20)34-16-21-8-6-5-7-9-21)23(33)17-35-25-28-27-24(31(25)26)32-19(3)14-18(2)29-32/h5-14H,4,15-17,26H2,1-3H3. The summed E-state index contributed by atoms with van der Waals surface area (Å²) < 4.78 is 8.85. The van der Waals surface area contributed by atoms with Crippen LogP contribution in [0.25, 0.3) is 5.95 Å². The monoisotopic (exact) mass is 491 g/mol. The lowest BCUT2D eigenvalue weighted by Gasteiger charge is -2.21. The van der Waals surface area contributed by atoms with Crippen LogP contribution in [-0.2, 0) is 17.9 Å². The number of hydrogen-bond acceptors (Lipinski definition) is 7. The molecule has 2 aromatic carbocycles. The molecule has 0 unspecified atom stereocenters. The number of hydrogen-bond donors (Lipinski definition) is 1. The third kappa shape index (κ3) is 6.02. The zero-order chi connectivity index (χ0) is 24.8. The summed E-state index contributed by atoms with van der Waals surface area (Å²) in [6.45, 7) is 7.42. The highest BCUT2D eigenvalue weighted by molar-refractivity contribution is 7.99. The number of nitrogens with zero attached hydrogens (tertiary/aromatic N) is 6. The second kappa shape index (κ2) is 11.1. The van der Waals surface area contributed by atoms with Crippen LogP contribution >= 0.6 is 11.8 Å². The topological polar surface area (TPSA) is 104 Å². The van der Waals surface area contributed by atoms with Crippen molar-refractivity contribution in [3.05, 3.63) is 83.2 Å². The Balaban J connectivity index is 1.31. The molecular formula is C25H29N7O2S. The van der Waals surface area contributed by atoms with E-state index in [1.807, 2.05) is 81.4 Å². The summed E-state index contributed by atoms with van der Waals surface area (Å²) in [4.78, 5) is 14.7. The number of benzene rings is 2. The molecule has 4 aromatic rings. The van der Waals surface area contributed by atoms with Crippen molar-refractivity contribution in [2.24, 2.45) is 0 Å². The van der Waals surface area contributed by atoms with Gasteiger partial charge in [0.1, 0.15) is 12.4 Å². The number of thioether (sulfide) groups is 1. The van der Waals surface area contributed by atoms with Crippen LogP contribution in [0.1, 0.15) is 29.4 Å². The van der Waals surface area contributed by atoms with E-state index >= 15 is 0 Å². The van der Waals surface area contributed by atoms with Gasteiger partial charge in [0.05, 0.1) is 11.4 Å². The molecule has 4 rings (SSSR count). The predicted octanol–water partition coefficient (Wildman–Crippen LogP) is 3.51. The Bertz CT molecular complexity index is 1270. The minimum absolute atomic E-state index is 0.00225. The number of amides is 1. The van der Waals surface area contributed by atoms with Crippen molar-refractivity contribution in [1.29, 1.82) is 0 Å². The summed E-state index contributed by atoms with van der Waals surface area (Å²) in [7, 11) is 0. The van der Waals surface area contributed by atoms with Crippen LogP contribution in [0.3, 0.4) is 0 Å². The maximum Gasteiger partial charge on any atom is 0.271 e. The van der Waals surface area contributed by atoms with Crippen LogP contribution in [0, 0.1) is 13.8 Å². The minimum Gasteiger partial charge on any atom is -0.489 e. The first-order valence-electron chi connectivity index (χ1n) is 11.3. The van der Waals surface area contributed by atoms with Gasteiger partial charge in [-0.3, -0.25) is 4.79 Å². The van der Waals surface area contributed by atoms with E-state index in [4.69, 9.17) is 10.6 Å². The van der Waals surface area contributed by atoms with E-state index in [-0.39, 0.29) is 11.7 Å². The molecule has 182 valence electrons. The van der Waals surface area contributed by atoms with Gasteiger partial charge in [0, 0.05) is 18.8 Å². The van der Waals surface area contributed by atoms with Crippen LogP contribution in [-0.4, -0.2) is 47.8 Å². The second-order valence-electron chi connectivity index (χ2n) is 8.11. The average Bonchev–Trinajstić information content (AvgIpc) is 3.40. The van der Waals surface area contributed by atoms with Gasteiger partial charge in [-0.1, -0.05) is 54.2 Å². The third-order valence-corrected chi connectivity index (χ3v) is 6.38. The molecule has 10 heteroatoms. The van der Waals surface area contributed by atoms with E-state index in [0.29, 0.717) is 30.8 Å². The Morgan fingerprint density at radius 3 is 2.46 bits per heavy atom. The van der Waals surface area contributed by atoms with Crippen molar-refractivity contribution >= 4 is 17.7 Å². The Morgan fingerprint density at radius 2 is 1.80 bits per heavy atom. The van der Waals surface area contributed by atoms with Gasteiger partial charge >= 0.3 is 0 Å². The fraction of sp³-hybridized carbons (Fsp3) is 0.280. The highest BCUT2D eigenvalue weighted by Crippen LogP contribution is 2.20. The fourth-order valence-corrected chi connectivity index (χ4v) is 4.34. The number of carbonyl (C=O) groups excluding carboxylic acids is 1. The molecule has 0 aliphatic rings. The van der Waals surface area contributed by atoms with Crippen LogP contribution in [0.15, 0.2) is 65.8 Å². The van der Waals surface area contributed by atoms with E-state index in [1.165, 1.54) is 16.4 Å². The number of aromatic nitrogens is 5. The molecule has 35 heavy (non-hydrogen) atoms. The van der Waals surface area contributed by atoms with Gasteiger partial charge in [-0.2, -0.15) is 5.10 Å². The Labute approximate surface area is 208 Å². The zero-order valence-electron chi connectivity index (χ0n) is 20.1. The first-order chi connectivity index (χ1) is 16.9. The molecule has 2 N–H and O–H groups in total. The van der Waals surface area contributed by atoms with E-state index in [1.54, 1.807) is 9.58 Å². The predicted molar refractivity (Wildman–Crippen MR) is 136 cm³/mol. The normalized spacial score (nSPS) is 10.9.